The first kappa shape index (κ1) is 13.0. The van der Waals surface area contributed by atoms with Gasteiger partial charge in [0.1, 0.15) is 11.6 Å². The van der Waals surface area contributed by atoms with Gasteiger partial charge in [0, 0.05) is 24.8 Å². The third kappa shape index (κ3) is 2.46. The Morgan fingerprint density at radius 2 is 1.86 bits per heavy atom. The lowest BCUT2D eigenvalue weighted by molar-refractivity contribution is 0.154. The quantitative estimate of drug-likeness (QED) is 0.657. The first-order valence-corrected chi connectivity index (χ1v) is 7.27. The third-order valence-electron chi connectivity index (χ3n) is 3.52. The molecule has 0 saturated carbocycles. The molecule has 0 aromatic carbocycles. The molecule has 0 saturated heterocycles. The van der Waals surface area contributed by atoms with E-state index in [1.807, 2.05) is 35.0 Å². The van der Waals surface area contributed by atoms with Crippen molar-refractivity contribution in [1.29, 1.82) is 0 Å². The molecule has 0 amide bonds. The van der Waals surface area contributed by atoms with Crippen molar-refractivity contribution < 1.29 is 4.74 Å². The summed E-state index contributed by atoms with van der Waals surface area (Å²) in [6.07, 6.45) is 3.62. The highest BCUT2D eigenvalue weighted by Crippen LogP contribution is 2.22. The molecule has 22 heavy (non-hydrogen) atoms. The van der Waals surface area contributed by atoms with Gasteiger partial charge < -0.3 is 15.4 Å². The van der Waals surface area contributed by atoms with Crippen LogP contribution < -0.4 is 10.6 Å². The number of nitrogens with one attached hydrogen (secondary N) is 2. The second kappa shape index (κ2) is 5.61. The number of imidazole rings is 1. The number of hydrogen-bond acceptors (Lipinski definition) is 6. The molecule has 0 atom stereocenters. The van der Waals surface area contributed by atoms with E-state index in [0.29, 0.717) is 19.8 Å². The van der Waals surface area contributed by atoms with Gasteiger partial charge in [0.25, 0.3) is 0 Å². The molecule has 0 fully saturated rings. The number of rotatable bonds is 0. The maximum atomic E-state index is 5.56. The van der Waals surface area contributed by atoms with Crippen LogP contribution in [0.2, 0.25) is 0 Å². The first-order valence-electron chi connectivity index (χ1n) is 7.27. The van der Waals surface area contributed by atoms with Gasteiger partial charge in [-0.3, -0.25) is 0 Å². The summed E-state index contributed by atoms with van der Waals surface area (Å²) < 4.78 is 7.40. The van der Waals surface area contributed by atoms with Crippen molar-refractivity contribution >= 4 is 17.3 Å². The molecule has 0 unspecified atom stereocenters. The van der Waals surface area contributed by atoms with Crippen molar-refractivity contribution in [1.82, 2.24) is 19.6 Å². The smallest absolute Gasteiger partial charge is 0.154 e. The van der Waals surface area contributed by atoms with Gasteiger partial charge in [-0.05, 0) is 24.3 Å². The largest absolute Gasteiger partial charge is 0.378 e. The molecule has 3 aromatic rings. The van der Waals surface area contributed by atoms with Crippen molar-refractivity contribution in [3.05, 3.63) is 36.7 Å². The standard InChI is InChI=1S/C15H16N6O/c1-2-15-19-10-12-11-3-4-16-14(9-11)18-6-8-22-7-5-17-13(1)20-21(12)15/h1-4,9-10H,5-8H2,(H,16,18)(H,17,20). The Labute approximate surface area is 127 Å². The molecule has 1 aliphatic heterocycles. The van der Waals surface area contributed by atoms with Gasteiger partial charge in [0.2, 0.25) is 0 Å². The average molecular weight is 296 g/mol. The lowest BCUT2D eigenvalue weighted by Crippen LogP contribution is -2.16. The minimum atomic E-state index is 0.631. The molecular formula is C15H16N6O. The number of fused-ring (bicyclic) bond motifs is 4. The fraction of sp³-hybridized carbons (Fsp3) is 0.267. The summed E-state index contributed by atoms with van der Waals surface area (Å²) >= 11 is 0. The van der Waals surface area contributed by atoms with Gasteiger partial charge in [-0.2, -0.15) is 0 Å². The SMILES string of the molecule is c1cc2cc(n1)NCCOCCNc1ccc3ncc-2n3n1. The van der Waals surface area contributed by atoms with Crippen LogP contribution in [0.25, 0.3) is 16.9 Å². The molecule has 0 spiro atoms. The van der Waals surface area contributed by atoms with Crippen LogP contribution in [0.4, 0.5) is 11.6 Å². The zero-order chi connectivity index (χ0) is 14.8. The van der Waals surface area contributed by atoms with Crippen molar-refractivity contribution in [2.75, 3.05) is 36.9 Å². The van der Waals surface area contributed by atoms with Gasteiger partial charge >= 0.3 is 0 Å². The minimum Gasteiger partial charge on any atom is -0.378 e. The Bertz CT molecular complexity index is 800. The highest BCUT2D eigenvalue weighted by Gasteiger charge is 2.09. The van der Waals surface area contributed by atoms with E-state index >= 15 is 0 Å². The number of ether oxygens (including phenoxy) is 1. The van der Waals surface area contributed by atoms with E-state index in [4.69, 9.17) is 4.74 Å². The van der Waals surface area contributed by atoms with Gasteiger partial charge in [0.15, 0.2) is 5.65 Å². The monoisotopic (exact) mass is 296 g/mol. The van der Waals surface area contributed by atoms with Crippen LogP contribution in [0.5, 0.6) is 0 Å². The van der Waals surface area contributed by atoms with Crippen molar-refractivity contribution in [2.45, 2.75) is 0 Å². The molecule has 3 aromatic heterocycles. The van der Waals surface area contributed by atoms with Gasteiger partial charge in [0.05, 0.1) is 25.1 Å². The predicted octanol–water partition coefficient (Wildman–Crippen LogP) is 1.65. The molecule has 4 bridgehead atoms. The summed E-state index contributed by atoms with van der Waals surface area (Å²) in [6.45, 7) is 2.71. The van der Waals surface area contributed by atoms with Crippen molar-refractivity contribution in [2.24, 2.45) is 0 Å². The summed E-state index contributed by atoms with van der Waals surface area (Å²) in [6, 6.07) is 7.83. The molecular weight excluding hydrogens is 280 g/mol. The van der Waals surface area contributed by atoms with Crippen LogP contribution in [0.15, 0.2) is 36.7 Å². The normalized spacial score (nSPS) is 15.1. The second-order valence-corrected chi connectivity index (χ2v) is 5.03. The minimum absolute atomic E-state index is 0.631. The van der Waals surface area contributed by atoms with Crippen LogP contribution >= 0.6 is 0 Å². The summed E-state index contributed by atoms with van der Waals surface area (Å²) in [5.74, 6) is 1.63. The lowest BCUT2D eigenvalue weighted by Gasteiger charge is -2.11. The van der Waals surface area contributed by atoms with E-state index in [-0.39, 0.29) is 0 Å². The molecule has 1 aliphatic rings. The van der Waals surface area contributed by atoms with Crippen LogP contribution in [-0.4, -0.2) is 45.9 Å². The topological polar surface area (TPSA) is 76.4 Å². The summed E-state index contributed by atoms with van der Waals surface area (Å²) in [4.78, 5) is 8.74. The number of anilines is 2. The second-order valence-electron chi connectivity index (χ2n) is 5.03. The van der Waals surface area contributed by atoms with Crippen LogP contribution in [-0.2, 0) is 4.74 Å². The summed E-state index contributed by atoms with van der Waals surface area (Å²) in [5, 5.41) is 11.1. The number of hydrogen-bond donors (Lipinski definition) is 2. The Kier molecular flexibility index (Phi) is 3.32. The van der Waals surface area contributed by atoms with E-state index in [1.54, 1.807) is 6.20 Å². The van der Waals surface area contributed by atoms with E-state index in [9.17, 15) is 0 Å². The van der Waals surface area contributed by atoms with Crippen molar-refractivity contribution in [3.63, 3.8) is 0 Å². The zero-order valence-corrected chi connectivity index (χ0v) is 12.0. The highest BCUT2D eigenvalue weighted by molar-refractivity contribution is 5.66. The van der Waals surface area contributed by atoms with E-state index in [0.717, 1.165) is 35.1 Å². The Morgan fingerprint density at radius 3 is 2.77 bits per heavy atom. The molecule has 7 nitrogen and oxygen atoms in total. The van der Waals surface area contributed by atoms with E-state index < -0.39 is 0 Å². The molecule has 4 rings (SSSR count). The van der Waals surface area contributed by atoms with Gasteiger partial charge in [-0.15, -0.1) is 5.10 Å². The zero-order valence-electron chi connectivity index (χ0n) is 12.0. The third-order valence-corrected chi connectivity index (χ3v) is 3.52. The fourth-order valence-corrected chi connectivity index (χ4v) is 2.46. The molecule has 4 heterocycles. The Morgan fingerprint density at radius 1 is 1.00 bits per heavy atom. The molecule has 0 aliphatic carbocycles. The molecule has 2 N–H and O–H groups in total. The Hall–Kier alpha value is -2.67. The predicted molar refractivity (Wildman–Crippen MR) is 84.0 cm³/mol. The van der Waals surface area contributed by atoms with E-state index in [2.05, 4.69) is 25.7 Å². The van der Waals surface area contributed by atoms with Gasteiger partial charge in [-0.25, -0.2) is 14.5 Å². The maximum absolute atomic E-state index is 5.56. The maximum Gasteiger partial charge on any atom is 0.154 e. The number of pyridine rings is 1. The molecule has 0 radical (unpaired) electrons. The first-order chi connectivity index (χ1) is 10.9. The molecule has 112 valence electrons. The fourth-order valence-electron chi connectivity index (χ4n) is 2.46. The van der Waals surface area contributed by atoms with Crippen LogP contribution in [0.1, 0.15) is 0 Å². The van der Waals surface area contributed by atoms with Gasteiger partial charge in [-0.1, -0.05) is 0 Å². The highest BCUT2D eigenvalue weighted by atomic mass is 16.5. The molecule has 7 heteroatoms. The lowest BCUT2D eigenvalue weighted by atomic mass is 10.2. The van der Waals surface area contributed by atoms with Crippen LogP contribution in [0.3, 0.4) is 0 Å². The van der Waals surface area contributed by atoms with Crippen molar-refractivity contribution in [3.8, 4) is 11.3 Å². The van der Waals surface area contributed by atoms with Crippen LogP contribution in [0, 0.1) is 0 Å². The van der Waals surface area contributed by atoms with E-state index in [1.165, 1.54) is 0 Å². The summed E-state index contributed by atoms with van der Waals surface area (Å²) in [5.41, 5.74) is 2.78. The number of nitrogens with zero attached hydrogens (tertiary/aromatic N) is 4. The summed E-state index contributed by atoms with van der Waals surface area (Å²) in [7, 11) is 0. The Balaban J connectivity index is 1.83. The number of aromatic nitrogens is 4. The average Bonchev–Trinajstić information content (AvgIpc) is 2.97.